The molecule has 31 heavy (non-hydrogen) atoms. The van der Waals surface area contributed by atoms with Crippen molar-refractivity contribution in [3.63, 3.8) is 0 Å². The van der Waals surface area contributed by atoms with Gasteiger partial charge in [0, 0.05) is 17.1 Å². The molecule has 5 rings (SSSR count). The van der Waals surface area contributed by atoms with Crippen molar-refractivity contribution in [2.24, 2.45) is 4.99 Å². The van der Waals surface area contributed by atoms with E-state index < -0.39 is 0 Å². The molecule has 0 unspecified atom stereocenters. The first-order valence-electron chi connectivity index (χ1n) is 9.58. The van der Waals surface area contributed by atoms with E-state index in [1.54, 1.807) is 16.8 Å². The Bertz CT molecular complexity index is 1270. The van der Waals surface area contributed by atoms with E-state index in [1.165, 1.54) is 11.8 Å². The highest BCUT2D eigenvalue weighted by Crippen LogP contribution is 2.46. The molecule has 0 saturated carbocycles. The van der Waals surface area contributed by atoms with Crippen molar-refractivity contribution in [2.75, 3.05) is 16.8 Å². The van der Waals surface area contributed by atoms with Crippen molar-refractivity contribution < 1.29 is 9.59 Å². The first kappa shape index (κ1) is 19.8. The molecule has 152 valence electrons. The molecule has 2 aliphatic heterocycles. The Morgan fingerprint density at radius 1 is 0.871 bits per heavy atom. The van der Waals surface area contributed by atoms with Crippen molar-refractivity contribution in [2.45, 2.75) is 0 Å². The number of hydrogen-bond donors (Lipinski definition) is 0. The van der Waals surface area contributed by atoms with Gasteiger partial charge in [0.15, 0.2) is 5.17 Å². The zero-order valence-electron chi connectivity index (χ0n) is 16.4. The Morgan fingerprint density at radius 3 is 2.26 bits per heavy atom. The smallest absolute Gasteiger partial charge is 0.272 e. The average Bonchev–Trinajstić information content (AvgIpc) is 3.22. The van der Waals surface area contributed by atoms with Gasteiger partial charge in [0.05, 0.1) is 27.5 Å². The number of fused-ring (bicyclic) bond motifs is 1. The summed E-state index contributed by atoms with van der Waals surface area (Å²) in [6, 6.07) is 24.5. The summed E-state index contributed by atoms with van der Waals surface area (Å²) in [6.07, 6.45) is 0. The standard InChI is InChI=1S/C24H16BrN3O2S/c1-27-19-13-12-15(25)14-18(19)20(22(27)29)21-23(30)28(17-10-6-3-7-11-17)24(31-21)26-16-8-4-2-5-9-16/h2-14H,1H3/b21-20+,26-24?. The summed E-state index contributed by atoms with van der Waals surface area (Å²) in [5.41, 5.74) is 3.38. The number of anilines is 2. The first-order chi connectivity index (χ1) is 15.0. The monoisotopic (exact) mass is 489 g/mol. The number of amidine groups is 1. The summed E-state index contributed by atoms with van der Waals surface area (Å²) in [6.45, 7) is 0. The summed E-state index contributed by atoms with van der Waals surface area (Å²) in [5, 5.41) is 0.517. The van der Waals surface area contributed by atoms with E-state index in [2.05, 4.69) is 15.9 Å². The van der Waals surface area contributed by atoms with Gasteiger partial charge in [-0.3, -0.25) is 14.5 Å². The first-order valence-corrected chi connectivity index (χ1v) is 11.2. The molecule has 2 amide bonds. The van der Waals surface area contributed by atoms with Crippen LogP contribution >= 0.6 is 27.7 Å². The van der Waals surface area contributed by atoms with Crippen LogP contribution in [0, 0.1) is 0 Å². The van der Waals surface area contributed by atoms with Crippen LogP contribution in [-0.4, -0.2) is 24.0 Å². The van der Waals surface area contributed by atoms with Gasteiger partial charge in [-0.2, -0.15) is 0 Å². The number of amides is 2. The number of aliphatic imine (C=N–C) groups is 1. The van der Waals surface area contributed by atoms with Gasteiger partial charge in [0.1, 0.15) is 0 Å². The van der Waals surface area contributed by atoms with Gasteiger partial charge < -0.3 is 4.90 Å². The fraction of sp³-hybridized carbons (Fsp3) is 0.0417. The molecule has 0 atom stereocenters. The lowest BCUT2D eigenvalue weighted by Crippen LogP contribution is -2.29. The molecule has 0 bridgehead atoms. The highest BCUT2D eigenvalue weighted by atomic mass is 79.9. The predicted octanol–water partition coefficient (Wildman–Crippen LogP) is 5.60. The van der Waals surface area contributed by atoms with E-state index in [0.717, 1.165) is 21.4 Å². The van der Waals surface area contributed by atoms with Crippen LogP contribution in [0.2, 0.25) is 0 Å². The summed E-state index contributed by atoms with van der Waals surface area (Å²) in [5.74, 6) is -0.451. The Labute approximate surface area is 192 Å². The number of thioether (sulfide) groups is 1. The van der Waals surface area contributed by atoms with Crippen LogP contribution in [0.25, 0.3) is 5.57 Å². The number of carbonyl (C=O) groups excluding carboxylic acids is 2. The van der Waals surface area contributed by atoms with E-state index in [1.807, 2.05) is 78.9 Å². The summed E-state index contributed by atoms with van der Waals surface area (Å²) >= 11 is 4.71. The molecule has 7 heteroatoms. The number of nitrogens with zero attached hydrogens (tertiary/aromatic N) is 3. The second-order valence-electron chi connectivity index (χ2n) is 7.04. The lowest BCUT2D eigenvalue weighted by molar-refractivity contribution is -0.115. The quantitative estimate of drug-likeness (QED) is 0.440. The Hall–Kier alpha value is -3.16. The minimum Gasteiger partial charge on any atom is -0.311 e. The molecular weight excluding hydrogens is 474 g/mol. The molecule has 0 radical (unpaired) electrons. The third-order valence-electron chi connectivity index (χ3n) is 5.11. The highest BCUT2D eigenvalue weighted by molar-refractivity contribution is 9.10. The zero-order chi connectivity index (χ0) is 21.5. The van der Waals surface area contributed by atoms with Gasteiger partial charge in [-0.15, -0.1) is 0 Å². The molecule has 0 spiro atoms. The van der Waals surface area contributed by atoms with Crippen molar-refractivity contribution in [1.82, 2.24) is 0 Å². The molecule has 5 nitrogen and oxygen atoms in total. The molecule has 0 N–H and O–H groups in total. The third kappa shape index (κ3) is 3.40. The van der Waals surface area contributed by atoms with E-state index in [-0.39, 0.29) is 11.8 Å². The van der Waals surface area contributed by atoms with Gasteiger partial charge >= 0.3 is 0 Å². The molecule has 0 aromatic heterocycles. The maximum Gasteiger partial charge on any atom is 0.272 e. The molecular formula is C24H16BrN3O2S. The lowest BCUT2D eigenvalue weighted by Gasteiger charge is -2.15. The van der Waals surface area contributed by atoms with Gasteiger partial charge in [0.2, 0.25) is 0 Å². The summed E-state index contributed by atoms with van der Waals surface area (Å²) in [4.78, 5) is 35.0. The Kier molecular flexibility index (Phi) is 5.00. The molecule has 3 aromatic rings. The van der Waals surface area contributed by atoms with Crippen LogP contribution in [0.5, 0.6) is 0 Å². The van der Waals surface area contributed by atoms with Crippen LogP contribution in [0.1, 0.15) is 5.56 Å². The molecule has 1 fully saturated rings. The largest absolute Gasteiger partial charge is 0.311 e. The normalized spacial score (nSPS) is 19.5. The molecule has 0 aliphatic carbocycles. The number of halogens is 1. The fourth-order valence-corrected chi connectivity index (χ4v) is 5.08. The van der Waals surface area contributed by atoms with Crippen molar-refractivity contribution >= 4 is 67.3 Å². The number of likely N-dealkylation sites (N-methyl/N-ethyl adjacent to an activating group) is 1. The molecule has 3 aromatic carbocycles. The third-order valence-corrected chi connectivity index (χ3v) is 6.64. The van der Waals surface area contributed by atoms with Gasteiger partial charge in [-0.1, -0.05) is 52.3 Å². The summed E-state index contributed by atoms with van der Waals surface area (Å²) in [7, 11) is 1.72. The number of rotatable bonds is 2. The second-order valence-corrected chi connectivity index (χ2v) is 8.93. The molecule has 2 heterocycles. The van der Waals surface area contributed by atoms with Crippen LogP contribution in [0.3, 0.4) is 0 Å². The average molecular weight is 490 g/mol. The molecule has 2 aliphatic rings. The van der Waals surface area contributed by atoms with Crippen LogP contribution in [0.15, 0.2) is 93.2 Å². The summed E-state index contributed by atoms with van der Waals surface area (Å²) < 4.78 is 0.848. The topological polar surface area (TPSA) is 53.0 Å². The van der Waals surface area contributed by atoms with Crippen LogP contribution in [0.4, 0.5) is 17.1 Å². The minimum absolute atomic E-state index is 0.196. The lowest BCUT2D eigenvalue weighted by atomic mass is 10.1. The Balaban J connectivity index is 1.70. The minimum atomic E-state index is -0.254. The number of benzene rings is 3. The second kappa shape index (κ2) is 7.83. The number of para-hydroxylation sites is 2. The van der Waals surface area contributed by atoms with Crippen molar-refractivity contribution in [3.8, 4) is 0 Å². The fourth-order valence-electron chi connectivity index (χ4n) is 3.63. The SMILES string of the molecule is CN1C(=O)/C(=C2/SC(=Nc3ccccc3)N(c3ccccc3)C2=O)c2cc(Br)ccc21. The number of carbonyl (C=O) groups is 2. The van der Waals surface area contributed by atoms with E-state index in [0.29, 0.717) is 21.3 Å². The molecule has 1 saturated heterocycles. The van der Waals surface area contributed by atoms with Crippen molar-refractivity contribution in [3.05, 3.63) is 93.8 Å². The van der Waals surface area contributed by atoms with Gasteiger partial charge in [0.25, 0.3) is 11.8 Å². The zero-order valence-corrected chi connectivity index (χ0v) is 18.9. The van der Waals surface area contributed by atoms with Gasteiger partial charge in [-0.25, -0.2) is 4.99 Å². The van der Waals surface area contributed by atoms with E-state index in [9.17, 15) is 9.59 Å². The van der Waals surface area contributed by atoms with Crippen LogP contribution < -0.4 is 9.80 Å². The van der Waals surface area contributed by atoms with E-state index in [4.69, 9.17) is 4.99 Å². The maximum atomic E-state index is 13.6. The van der Waals surface area contributed by atoms with Gasteiger partial charge in [-0.05, 0) is 54.2 Å². The number of hydrogen-bond acceptors (Lipinski definition) is 4. The predicted molar refractivity (Wildman–Crippen MR) is 130 cm³/mol. The van der Waals surface area contributed by atoms with Crippen molar-refractivity contribution in [1.29, 1.82) is 0 Å². The van der Waals surface area contributed by atoms with E-state index >= 15 is 0 Å². The maximum absolute atomic E-state index is 13.6. The van der Waals surface area contributed by atoms with Crippen LogP contribution in [-0.2, 0) is 9.59 Å². The Morgan fingerprint density at radius 2 is 1.55 bits per heavy atom. The highest BCUT2D eigenvalue weighted by Gasteiger charge is 2.42.